The third kappa shape index (κ3) is 5.68. The molecule has 1 N–H and O–H groups in total. The largest absolute Gasteiger partial charge is 0.383 e. The van der Waals surface area contributed by atoms with E-state index in [-0.39, 0.29) is 0 Å². The average molecular weight is 283 g/mol. The van der Waals surface area contributed by atoms with E-state index in [9.17, 15) is 0 Å². The SMILES string of the molecule is COCCNCC1CCCCN1CCCN1CCCC1. The summed E-state index contributed by atoms with van der Waals surface area (Å²) < 4.78 is 5.10. The Hall–Kier alpha value is -0.160. The fraction of sp³-hybridized carbons (Fsp3) is 1.00. The second kappa shape index (κ2) is 9.72. The number of hydrogen-bond acceptors (Lipinski definition) is 4. The van der Waals surface area contributed by atoms with Gasteiger partial charge in [-0.1, -0.05) is 6.42 Å². The molecule has 0 amide bonds. The van der Waals surface area contributed by atoms with Crippen LogP contribution in [0.25, 0.3) is 0 Å². The van der Waals surface area contributed by atoms with Gasteiger partial charge < -0.3 is 15.0 Å². The Kier molecular flexibility index (Phi) is 7.88. The van der Waals surface area contributed by atoms with E-state index in [0.29, 0.717) is 0 Å². The Morgan fingerprint density at radius 1 is 1.05 bits per heavy atom. The van der Waals surface area contributed by atoms with Crippen LogP contribution in [0.4, 0.5) is 0 Å². The first-order valence-corrected chi connectivity index (χ1v) is 8.56. The molecular weight excluding hydrogens is 250 g/mol. The van der Waals surface area contributed by atoms with Crippen molar-refractivity contribution >= 4 is 0 Å². The highest BCUT2D eigenvalue weighted by atomic mass is 16.5. The molecule has 1 atom stereocenters. The zero-order valence-corrected chi connectivity index (χ0v) is 13.3. The lowest BCUT2D eigenvalue weighted by molar-refractivity contribution is 0.134. The summed E-state index contributed by atoms with van der Waals surface area (Å²) >= 11 is 0. The predicted molar refractivity (Wildman–Crippen MR) is 84.2 cm³/mol. The molecular formula is C16H33N3O. The normalized spacial score (nSPS) is 25.4. The summed E-state index contributed by atoms with van der Waals surface area (Å²) in [7, 11) is 1.77. The van der Waals surface area contributed by atoms with Crippen molar-refractivity contribution in [2.75, 3.05) is 59.5 Å². The molecule has 4 nitrogen and oxygen atoms in total. The molecule has 1 unspecified atom stereocenters. The van der Waals surface area contributed by atoms with Crippen molar-refractivity contribution < 1.29 is 4.74 Å². The Labute approximate surface area is 124 Å². The van der Waals surface area contributed by atoms with Crippen molar-refractivity contribution in [2.24, 2.45) is 0 Å². The van der Waals surface area contributed by atoms with Crippen molar-refractivity contribution in [1.29, 1.82) is 0 Å². The van der Waals surface area contributed by atoms with Crippen LogP contribution in [0.15, 0.2) is 0 Å². The Bertz CT molecular complexity index is 244. The number of nitrogens with one attached hydrogen (secondary N) is 1. The van der Waals surface area contributed by atoms with Gasteiger partial charge in [-0.25, -0.2) is 0 Å². The number of rotatable bonds is 9. The minimum absolute atomic E-state index is 0.749. The van der Waals surface area contributed by atoms with Crippen molar-refractivity contribution in [3.63, 3.8) is 0 Å². The monoisotopic (exact) mass is 283 g/mol. The van der Waals surface area contributed by atoms with Crippen molar-refractivity contribution in [1.82, 2.24) is 15.1 Å². The third-order valence-electron chi connectivity index (χ3n) is 4.73. The number of piperidine rings is 1. The summed E-state index contributed by atoms with van der Waals surface area (Å²) in [5.41, 5.74) is 0. The molecule has 4 heteroatoms. The minimum Gasteiger partial charge on any atom is -0.383 e. The van der Waals surface area contributed by atoms with E-state index < -0.39 is 0 Å². The summed E-state index contributed by atoms with van der Waals surface area (Å²) in [6, 6.07) is 0.749. The summed E-state index contributed by atoms with van der Waals surface area (Å²) in [5.74, 6) is 0. The molecule has 0 spiro atoms. The quantitative estimate of drug-likeness (QED) is 0.650. The van der Waals surface area contributed by atoms with Gasteiger partial charge in [0.2, 0.25) is 0 Å². The molecule has 0 bridgehead atoms. The number of ether oxygens (including phenoxy) is 1. The lowest BCUT2D eigenvalue weighted by Crippen LogP contribution is -2.46. The Morgan fingerprint density at radius 3 is 2.65 bits per heavy atom. The molecule has 118 valence electrons. The molecule has 0 radical (unpaired) electrons. The smallest absolute Gasteiger partial charge is 0.0587 e. The molecule has 2 aliphatic rings. The molecule has 0 aromatic heterocycles. The van der Waals surface area contributed by atoms with Crippen molar-refractivity contribution in [2.45, 2.75) is 44.6 Å². The highest BCUT2D eigenvalue weighted by Gasteiger charge is 2.21. The van der Waals surface area contributed by atoms with E-state index in [1.807, 2.05) is 0 Å². The van der Waals surface area contributed by atoms with Crippen LogP contribution in [-0.4, -0.2) is 75.4 Å². The Balaban J connectivity index is 1.61. The number of methoxy groups -OCH3 is 1. The lowest BCUT2D eigenvalue weighted by Gasteiger charge is -2.36. The van der Waals surface area contributed by atoms with Crippen LogP contribution in [0.1, 0.15) is 38.5 Å². The topological polar surface area (TPSA) is 27.7 Å². The van der Waals surface area contributed by atoms with E-state index in [0.717, 1.165) is 25.7 Å². The summed E-state index contributed by atoms with van der Waals surface area (Å²) in [6.07, 6.45) is 8.32. The molecule has 0 saturated carbocycles. The predicted octanol–water partition coefficient (Wildman–Crippen LogP) is 1.56. The second-order valence-corrected chi connectivity index (χ2v) is 6.28. The summed E-state index contributed by atoms with van der Waals surface area (Å²) in [5, 5.41) is 3.54. The molecule has 2 aliphatic heterocycles. The van der Waals surface area contributed by atoms with E-state index in [4.69, 9.17) is 4.74 Å². The van der Waals surface area contributed by atoms with Gasteiger partial charge in [0.05, 0.1) is 6.61 Å². The molecule has 0 aliphatic carbocycles. The van der Waals surface area contributed by atoms with Crippen LogP contribution in [0, 0.1) is 0 Å². The first kappa shape index (κ1) is 16.2. The molecule has 2 rings (SSSR count). The van der Waals surface area contributed by atoms with E-state index in [1.54, 1.807) is 7.11 Å². The first-order valence-electron chi connectivity index (χ1n) is 8.56. The van der Waals surface area contributed by atoms with Gasteiger partial charge in [0.15, 0.2) is 0 Å². The highest BCUT2D eigenvalue weighted by Crippen LogP contribution is 2.17. The lowest BCUT2D eigenvalue weighted by atomic mass is 10.0. The van der Waals surface area contributed by atoms with Crippen LogP contribution in [-0.2, 0) is 4.74 Å². The number of nitrogens with zero attached hydrogens (tertiary/aromatic N) is 2. The highest BCUT2D eigenvalue weighted by molar-refractivity contribution is 4.79. The van der Waals surface area contributed by atoms with Crippen molar-refractivity contribution in [3.05, 3.63) is 0 Å². The summed E-state index contributed by atoms with van der Waals surface area (Å²) in [4.78, 5) is 5.36. The molecule has 2 fully saturated rings. The van der Waals surface area contributed by atoms with Crippen LogP contribution in [0.3, 0.4) is 0 Å². The maximum atomic E-state index is 5.10. The first-order chi connectivity index (χ1) is 9.90. The average Bonchev–Trinajstić information content (AvgIpc) is 2.98. The zero-order valence-electron chi connectivity index (χ0n) is 13.3. The fourth-order valence-corrected chi connectivity index (χ4v) is 3.53. The fourth-order valence-electron chi connectivity index (χ4n) is 3.53. The van der Waals surface area contributed by atoms with Gasteiger partial charge >= 0.3 is 0 Å². The molecule has 20 heavy (non-hydrogen) atoms. The van der Waals surface area contributed by atoms with Crippen LogP contribution < -0.4 is 5.32 Å². The Morgan fingerprint density at radius 2 is 1.85 bits per heavy atom. The van der Waals surface area contributed by atoms with Gasteiger partial charge in [-0.05, 0) is 64.8 Å². The number of hydrogen-bond donors (Lipinski definition) is 1. The minimum atomic E-state index is 0.749. The molecule has 0 aromatic carbocycles. The standard InChI is InChI=1S/C16H33N3O/c1-20-14-8-17-15-16-7-2-3-12-19(16)13-6-11-18-9-4-5-10-18/h16-17H,2-15H2,1H3. The second-order valence-electron chi connectivity index (χ2n) is 6.28. The van der Waals surface area contributed by atoms with E-state index in [2.05, 4.69) is 15.1 Å². The van der Waals surface area contributed by atoms with Crippen LogP contribution in [0.5, 0.6) is 0 Å². The molecule has 2 heterocycles. The maximum absolute atomic E-state index is 5.10. The van der Waals surface area contributed by atoms with Gasteiger partial charge in [-0.3, -0.25) is 4.90 Å². The van der Waals surface area contributed by atoms with Crippen molar-refractivity contribution in [3.8, 4) is 0 Å². The van der Waals surface area contributed by atoms with Gasteiger partial charge in [0, 0.05) is 26.2 Å². The zero-order chi connectivity index (χ0) is 14.0. The van der Waals surface area contributed by atoms with Gasteiger partial charge in [-0.15, -0.1) is 0 Å². The van der Waals surface area contributed by atoms with Gasteiger partial charge in [-0.2, -0.15) is 0 Å². The van der Waals surface area contributed by atoms with Crippen LogP contribution >= 0.6 is 0 Å². The third-order valence-corrected chi connectivity index (χ3v) is 4.73. The van der Waals surface area contributed by atoms with E-state index >= 15 is 0 Å². The van der Waals surface area contributed by atoms with Gasteiger partial charge in [0.1, 0.15) is 0 Å². The van der Waals surface area contributed by atoms with Crippen LogP contribution in [0.2, 0.25) is 0 Å². The molecule has 2 saturated heterocycles. The number of likely N-dealkylation sites (tertiary alicyclic amines) is 2. The molecule has 0 aromatic rings. The van der Waals surface area contributed by atoms with E-state index in [1.165, 1.54) is 71.2 Å². The summed E-state index contributed by atoms with van der Waals surface area (Å²) in [6.45, 7) is 9.50. The maximum Gasteiger partial charge on any atom is 0.0587 e. The van der Waals surface area contributed by atoms with Gasteiger partial charge in [0.25, 0.3) is 0 Å².